The van der Waals surface area contributed by atoms with Crippen molar-refractivity contribution in [3.05, 3.63) is 0 Å². The lowest BCUT2D eigenvalue weighted by molar-refractivity contribution is -0.140. The van der Waals surface area contributed by atoms with E-state index in [4.69, 9.17) is 22.9 Å². The van der Waals surface area contributed by atoms with E-state index in [0.717, 1.165) is 0 Å². The van der Waals surface area contributed by atoms with E-state index < -0.39 is 24.2 Å². The van der Waals surface area contributed by atoms with Gasteiger partial charge in [-0.25, -0.2) is 0 Å². The maximum atomic E-state index is 12.8. The van der Waals surface area contributed by atoms with Crippen LogP contribution >= 0.6 is 0 Å². The van der Waals surface area contributed by atoms with Gasteiger partial charge in [0.15, 0.2) is 5.96 Å². The summed E-state index contributed by atoms with van der Waals surface area (Å²) in [7, 11) is 0. The first kappa shape index (κ1) is 26.5. The summed E-state index contributed by atoms with van der Waals surface area (Å²) >= 11 is 0. The molecular formula is C20H37N7O4. The Kier molecular flexibility index (Phi) is 11.7. The number of carbonyl (C=O) groups excluding carboxylic acids is 4. The highest BCUT2D eigenvalue weighted by Gasteiger charge is 2.36. The molecule has 0 saturated carbocycles. The SMILES string of the molecule is CCC(=O)C(N)CCC[C@@H](N)C(=O)N1CCC[C@H]1C(=O)N[C@H](C=O)CCCN=C(N)N. The van der Waals surface area contributed by atoms with Crippen LogP contribution in [0, 0.1) is 0 Å². The second-order valence-electron chi connectivity index (χ2n) is 7.85. The maximum absolute atomic E-state index is 12.8. The quantitative estimate of drug-likeness (QED) is 0.0932. The van der Waals surface area contributed by atoms with Crippen molar-refractivity contribution in [3.8, 4) is 0 Å². The van der Waals surface area contributed by atoms with E-state index >= 15 is 0 Å². The highest BCUT2D eigenvalue weighted by atomic mass is 16.2. The number of amides is 2. The number of rotatable bonds is 14. The van der Waals surface area contributed by atoms with E-state index in [9.17, 15) is 19.2 Å². The number of hydrogen-bond donors (Lipinski definition) is 5. The molecule has 0 spiro atoms. The van der Waals surface area contributed by atoms with Crippen molar-refractivity contribution in [1.29, 1.82) is 0 Å². The van der Waals surface area contributed by atoms with E-state index in [1.54, 1.807) is 6.92 Å². The van der Waals surface area contributed by atoms with E-state index in [2.05, 4.69) is 10.3 Å². The summed E-state index contributed by atoms with van der Waals surface area (Å²) in [6.45, 7) is 2.56. The van der Waals surface area contributed by atoms with Gasteiger partial charge in [0.1, 0.15) is 18.1 Å². The predicted molar refractivity (Wildman–Crippen MR) is 118 cm³/mol. The van der Waals surface area contributed by atoms with E-state index in [-0.39, 0.29) is 23.6 Å². The number of guanidine groups is 1. The van der Waals surface area contributed by atoms with Gasteiger partial charge >= 0.3 is 0 Å². The molecule has 1 fully saturated rings. The van der Waals surface area contributed by atoms with Crippen LogP contribution in [0.4, 0.5) is 0 Å². The smallest absolute Gasteiger partial charge is 0.243 e. The average Bonchev–Trinajstić information content (AvgIpc) is 3.24. The standard InChI is InChI=1S/C20H37N7O4/c1-2-17(29)14(21)7-3-8-15(22)19(31)27-11-5-9-16(27)18(30)26-13(12-28)6-4-10-25-20(23)24/h12-16H,2-11,21-22H2,1H3,(H,26,30)(H4,23,24,25)/t13-,14?,15+,16-/m0/s1. The Morgan fingerprint density at radius 3 is 2.42 bits per heavy atom. The van der Waals surface area contributed by atoms with Gasteiger partial charge in [0.2, 0.25) is 11.8 Å². The number of carbonyl (C=O) groups is 4. The van der Waals surface area contributed by atoms with Crippen LogP contribution in [-0.2, 0) is 19.2 Å². The zero-order valence-corrected chi connectivity index (χ0v) is 18.3. The minimum atomic E-state index is -0.765. The number of nitrogens with two attached hydrogens (primary N) is 4. The third kappa shape index (κ3) is 9.01. The van der Waals surface area contributed by atoms with Crippen molar-refractivity contribution in [1.82, 2.24) is 10.2 Å². The molecule has 31 heavy (non-hydrogen) atoms. The Morgan fingerprint density at radius 2 is 1.81 bits per heavy atom. The molecule has 1 rings (SSSR count). The topological polar surface area (TPSA) is 200 Å². The minimum Gasteiger partial charge on any atom is -0.370 e. The number of nitrogens with zero attached hydrogens (tertiary/aromatic N) is 2. The Morgan fingerprint density at radius 1 is 1.13 bits per heavy atom. The summed E-state index contributed by atoms with van der Waals surface area (Å²) in [5.41, 5.74) is 22.4. The summed E-state index contributed by atoms with van der Waals surface area (Å²) in [5.74, 6) is -0.711. The van der Waals surface area contributed by atoms with Crippen molar-refractivity contribution in [2.75, 3.05) is 13.1 Å². The largest absolute Gasteiger partial charge is 0.370 e. The zero-order chi connectivity index (χ0) is 23.4. The Bertz CT molecular complexity index is 651. The first-order valence-electron chi connectivity index (χ1n) is 10.9. The first-order chi connectivity index (χ1) is 14.7. The van der Waals surface area contributed by atoms with Crippen molar-refractivity contribution < 1.29 is 19.2 Å². The molecular weight excluding hydrogens is 402 g/mol. The van der Waals surface area contributed by atoms with Crippen LogP contribution in [0.1, 0.15) is 58.3 Å². The van der Waals surface area contributed by atoms with Crippen molar-refractivity contribution in [2.45, 2.75) is 82.5 Å². The fourth-order valence-electron chi connectivity index (χ4n) is 3.59. The van der Waals surface area contributed by atoms with Crippen LogP contribution < -0.4 is 28.3 Å². The summed E-state index contributed by atoms with van der Waals surface area (Å²) in [6.07, 6.45) is 4.57. The van der Waals surface area contributed by atoms with Gasteiger partial charge in [-0.2, -0.15) is 0 Å². The lowest BCUT2D eigenvalue weighted by Gasteiger charge is -2.27. The van der Waals surface area contributed by atoms with Gasteiger partial charge in [-0.05, 0) is 44.9 Å². The summed E-state index contributed by atoms with van der Waals surface area (Å²) in [6, 6.07) is -2.63. The van der Waals surface area contributed by atoms with E-state index in [1.165, 1.54) is 4.90 Å². The lowest BCUT2D eigenvalue weighted by atomic mass is 10.0. The van der Waals surface area contributed by atoms with Crippen LogP contribution in [-0.4, -0.2) is 72.0 Å². The monoisotopic (exact) mass is 439 g/mol. The second-order valence-corrected chi connectivity index (χ2v) is 7.85. The van der Waals surface area contributed by atoms with Crippen LogP contribution in [0.25, 0.3) is 0 Å². The molecule has 4 atom stereocenters. The molecule has 1 saturated heterocycles. The number of ketones is 1. The molecule has 176 valence electrons. The number of aldehydes is 1. The molecule has 0 aromatic heterocycles. The summed E-state index contributed by atoms with van der Waals surface area (Å²) < 4.78 is 0. The zero-order valence-electron chi connectivity index (χ0n) is 18.3. The number of Topliss-reactive ketones (excluding diaryl/α,β-unsaturated/α-hetero) is 1. The van der Waals surface area contributed by atoms with E-state index in [0.29, 0.717) is 70.7 Å². The molecule has 0 aromatic carbocycles. The highest BCUT2D eigenvalue weighted by molar-refractivity contribution is 5.91. The fraction of sp³-hybridized carbons (Fsp3) is 0.750. The van der Waals surface area contributed by atoms with Crippen LogP contribution in [0.15, 0.2) is 4.99 Å². The van der Waals surface area contributed by atoms with Crippen molar-refractivity contribution >= 4 is 29.8 Å². The van der Waals surface area contributed by atoms with Gasteiger partial charge in [0.25, 0.3) is 0 Å². The van der Waals surface area contributed by atoms with Gasteiger partial charge in [-0.15, -0.1) is 0 Å². The molecule has 0 bridgehead atoms. The van der Waals surface area contributed by atoms with Crippen molar-refractivity contribution in [3.63, 3.8) is 0 Å². The second kappa shape index (κ2) is 13.7. The maximum Gasteiger partial charge on any atom is 0.243 e. The van der Waals surface area contributed by atoms with Crippen LogP contribution in [0.2, 0.25) is 0 Å². The van der Waals surface area contributed by atoms with E-state index in [1.807, 2.05) is 0 Å². The van der Waals surface area contributed by atoms with Crippen LogP contribution in [0.5, 0.6) is 0 Å². The number of likely N-dealkylation sites (tertiary alicyclic amines) is 1. The highest BCUT2D eigenvalue weighted by Crippen LogP contribution is 2.20. The number of hydrogen-bond acceptors (Lipinski definition) is 7. The van der Waals surface area contributed by atoms with Gasteiger partial charge in [-0.1, -0.05) is 6.92 Å². The Hall–Kier alpha value is -2.53. The lowest BCUT2D eigenvalue weighted by Crippen LogP contribution is -2.53. The van der Waals surface area contributed by atoms with Gasteiger partial charge < -0.3 is 37.9 Å². The molecule has 1 heterocycles. The number of aliphatic imine (C=N–C) groups is 1. The Balaban J connectivity index is 2.54. The van der Waals surface area contributed by atoms with Gasteiger partial charge in [-0.3, -0.25) is 19.4 Å². The Labute approximate surface area is 183 Å². The molecule has 11 heteroatoms. The average molecular weight is 440 g/mol. The fourth-order valence-corrected chi connectivity index (χ4v) is 3.59. The molecule has 11 nitrogen and oxygen atoms in total. The number of nitrogens with one attached hydrogen (secondary N) is 1. The predicted octanol–water partition coefficient (Wildman–Crippen LogP) is -1.48. The molecule has 9 N–H and O–H groups in total. The summed E-state index contributed by atoms with van der Waals surface area (Å²) in [5, 5.41) is 2.69. The first-order valence-corrected chi connectivity index (χ1v) is 10.9. The third-order valence-corrected chi connectivity index (χ3v) is 5.41. The van der Waals surface area contributed by atoms with Gasteiger partial charge in [0.05, 0.1) is 18.1 Å². The minimum absolute atomic E-state index is 0.0146. The van der Waals surface area contributed by atoms with Gasteiger partial charge in [0, 0.05) is 19.5 Å². The third-order valence-electron chi connectivity index (χ3n) is 5.41. The molecule has 2 amide bonds. The summed E-state index contributed by atoms with van der Waals surface area (Å²) in [4.78, 5) is 53.6. The molecule has 0 aliphatic carbocycles. The molecule has 1 unspecified atom stereocenters. The molecule has 1 aliphatic heterocycles. The van der Waals surface area contributed by atoms with Crippen molar-refractivity contribution in [2.24, 2.45) is 27.9 Å². The van der Waals surface area contributed by atoms with Crippen LogP contribution in [0.3, 0.4) is 0 Å². The molecule has 1 aliphatic rings. The molecule has 0 aromatic rings. The normalized spacial score (nSPS) is 18.7. The molecule has 0 radical (unpaired) electrons.